The molecule has 0 N–H and O–H groups in total. The van der Waals surface area contributed by atoms with E-state index in [-0.39, 0.29) is 18.0 Å². The zero-order valence-electron chi connectivity index (χ0n) is 9.82. The van der Waals surface area contributed by atoms with Crippen molar-refractivity contribution in [3.63, 3.8) is 0 Å². The van der Waals surface area contributed by atoms with Gasteiger partial charge in [-0.25, -0.2) is 4.79 Å². The van der Waals surface area contributed by atoms with Crippen LogP contribution in [0.5, 0.6) is 0 Å². The second-order valence-corrected chi connectivity index (χ2v) is 4.02. The van der Waals surface area contributed by atoms with Crippen LogP contribution in [-0.4, -0.2) is 40.9 Å². The zero-order chi connectivity index (χ0) is 11.4. The third kappa shape index (κ3) is 2.49. The molecule has 4 nitrogen and oxygen atoms in total. The average molecular weight is 212 g/mol. The van der Waals surface area contributed by atoms with Gasteiger partial charge in [0.15, 0.2) is 0 Å². The van der Waals surface area contributed by atoms with Crippen LogP contribution in [0.25, 0.3) is 0 Å². The molecule has 1 saturated heterocycles. The third-order valence-corrected chi connectivity index (χ3v) is 2.86. The average Bonchev–Trinajstić information content (AvgIpc) is 2.17. The van der Waals surface area contributed by atoms with E-state index in [9.17, 15) is 9.59 Å². The van der Waals surface area contributed by atoms with Crippen molar-refractivity contribution >= 4 is 11.9 Å². The number of hydrogen-bond donors (Lipinski definition) is 0. The summed E-state index contributed by atoms with van der Waals surface area (Å²) in [4.78, 5) is 26.7. The summed E-state index contributed by atoms with van der Waals surface area (Å²) in [6, 6.07) is -0.0671. The van der Waals surface area contributed by atoms with Crippen molar-refractivity contribution in [3.05, 3.63) is 0 Å². The van der Waals surface area contributed by atoms with Gasteiger partial charge < -0.3 is 4.90 Å². The summed E-state index contributed by atoms with van der Waals surface area (Å²) >= 11 is 0. The summed E-state index contributed by atoms with van der Waals surface area (Å²) < 4.78 is 0. The molecule has 0 bridgehead atoms. The Hall–Kier alpha value is -1.06. The molecule has 1 unspecified atom stereocenters. The molecule has 1 fully saturated rings. The van der Waals surface area contributed by atoms with Gasteiger partial charge in [-0.2, -0.15) is 0 Å². The maximum Gasteiger partial charge on any atom is 0.326 e. The molecule has 4 heteroatoms. The Morgan fingerprint density at radius 1 is 1.33 bits per heavy atom. The number of imide groups is 1. The lowest BCUT2D eigenvalue weighted by atomic mass is 10.1. The molecule has 0 radical (unpaired) electrons. The first-order chi connectivity index (χ1) is 7.11. The second kappa shape index (κ2) is 5.14. The summed E-state index contributed by atoms with van der Waals surface area (Å²) in [6.45, 7) is 7.17. The first kappa shape index (κ1) is 12.0. The minimum absolute atomic E-state index is 0.0225. The van der Waals surface area contributed by atoms with E-state index in [4.69, 9.17) is 0 Å². The molecule has 1 aliphatic rings. The number of urea groups is 1. The predicted octanol–water partition coefficient (Wildman–Crippen LogP) is 1.85. The molecule has 0 aliphatic carbocycles. The molecule has 0 aromatic heterocycles. The van der Waals surface area contributed by atoms with Crippen LogP contribution in [0.15, 0.2) is 0 Å². The summed E-state index contributed by atoms with van der Waals surface area (Å²) in [5.41, 5.74) is 0. The molecule has 0 saturated carbocycles. The molecule has 0 aromatic rings. The van der Waals surface area contributed by atoms with Crippen LogP contribution in [0, 0.1) is 0 Å². The SMILES string of the molecule is CCCCN1C(=O)CC(C)N(CC)C1=O. The highest BCUT2D eigenvalue weighted by molar-refractivity contribution is 5.97. The molecular weight excluding hydrogens is 192 g/mol. The number of hydrogen-bond acceptors (Lipinski definition) is 2. The Kier molecular flexibility index (Phi) is 4.12. The van der Waals surface area contributed by atoms with Crippen LogP contribution in [0.2, 0.25) is 0 Å². The maximum atomic E-state index is 11.9. The zero-order valence-corrected chi connectivity index (χ0v) is 9.82. The number of carbonyl (C=O) groups excluding carboxylic acids is 2. The third-order valence-electron chi connectivity index (χ3n) is 2.86. The van der Waals surface area contributed by atoms with E-state index in [0.29, 0.717) is 19.5 Å². The van der Waals surface area contributed by atoms with E-state index in [0.717, 1.165) is 12.8 Å². The van der Waals surface area contributed by atoms with Gasteiger partial charge in [0, 0.05) is 25.6 Å². The second-order valence-electron chi connectivity index (χ2n) is 4.02. The Bertz CT molecular complexity index is 253. The van der Waals surface area contributed by atoms with Crippen molar-refractivity contribution in [3.8, 4) is 0 Å². The van der Waals surface area contributed by atoms with Crippen LogP contribution in [0.4, 0.5) is 4.79 Å². The summed E-state index contributed by atoms with van der Waals surface area (Å²) in [7, 11) is 0. The van der Waals surface area contributed by atoms with Gasteiger partial charge >= 0.3 is 6.03 Å². The lowest BCUT2D eigenvalue weighted by Gasteiger charge is -2.38. The number of unbranched alkanes of at least 4 members (excludes halogenated alkanes) is 1. The Labute approximate surface area is 91.2 Å². The summed E-state index contributed by atoms with van der Waals surface area (Å²) in [5.74, 6) is -0.0225. The minimum Gasteiger partial charge on any atom is -0.321 e. The highest BCUT2D eigenvalue weighted by Gasteiger charge is 2.34. The largest absolute Gasteiger partial charge is 0.326 e. The van der Waals surface area contributed by atoms with Crippen molar-refractivity contribution in [2.75, 3.05) is 13.1 Å². The quantitative estimate of drug-likeness (QED) is 0.713. The fourth-order valence-electron chi connectivity index (χ4n) is 1.91. The van der Waals surface area contributed by atoms with E-state index in [1.165, 1.54) is 4.90 Å². The number of nitrogens with zero attached hydrogens (tertiary/aromatic N) is 2. The fraction of sp³-hybridized carbons (Fsp3) is 0.818. The summed E-state index contributed by atoms with van der Waals surface area (Å²) in [6.07, 6.45) is 2.35. The molecule has 86 valence electrons. The van der Waals surface area contributed by atoms with E-state index in [2.05, 4.69) is 6.92 Å². The smallest absolute Gasteiger partial charge is 0.321 e. The van der Waals surface area contributed by atoms with Gasteiger partial charge in [-0.1, -0.05) is 13.3 Å². The first-order valence-electron chi connectivity index (χ1n) is 5.72. The molecule has 1 atom stereocenters. The van der Waals surface area contributed by atoms with Gasteiger partial charge in [0.1, 0.15) is 0 Å². The van der Waals surface area contributed by atoms with Crippen LogP contribution in [0.1, 0.15) is 40.0 Å². The number of rotatable bonds is 4. The van der Waals surface area contributed by atoms with Gasteiger partial charge in [-0.05, 0) is 20.3 Å². The molecule has 0 spiro atoms. The topological polar surface area (TPSA) is 40.6 Å². The van der Waals surface area contributed by atoms with E-state index < -0.39 is 0 Å². The predicted molar refractivity (Wildman–Crippen MR) is 58.5 cm³/mol. The lowest BCUT2D eigenvalue weighted by molar-refractivity contribution is -0.132. The molecule has 1 rings (SSSR count). The number of carbonyl (C=O) groups is 2. The molecular formula is C11H20N2O2. The van der Waals surface area contributed by atoms with Crippen LogP contribution < -0.4 is 0 Å². The molecule has 3 amide bonds. The summed E-state index contributed by atoms with van der Waals surface area (Å²) in [5, 5.41) is 0. The Morgan fingerprint density at radius 3 is 2.53 bits per heavy atom. The highest BCUT2D eigenvalue weighted by Crippen LogP contribution is 2.17. The van der Waals surface area contributed by atoms with Crippen molar-refractivity contribution in [2.24, 2.45) is 0 Å². The van der Waals surface area contributed by atoms with Crippen LogP contribution >= 0.6 is 0 Å². The van der Waals surface area contributed by atoms with E-state index in [1.54, 1.807) is 4.90 Å². The van der Waals surface area contributed by atoms with Gasteiger partial charge in [0.25, 0.3) is 0 Å². The minimum atomic E-state index is -0.116. The van der Waals surface area contributed by atoms with Crippen LogP contribution in [0.3, 0.4) is 0 Å². The van der Waals surface area contributed by atoms with Gasteiger partial charge in [-0.3, -0.25) is 9.69 Å². The Morgan fingerprint density at radius 2 is 2.00 bits per heavy atom. The van der Waals surface area contributed by atoms with Gasteiger partial charge in [0.2, 0.25) is 5.91 Å². The van der Waals surface area contributed by atoms with E-state index >= 15 is 0 Å². The fourth-order valence-corrected chi connectivity index (χ4v) is 1.91. The molecule has 1 aliphatic heterocycles. The van der Waals surface area contributed by atoms with Crippen LogP contribution in [-0.2, 0) is 4.79 Å². The van der Waals surface area contributed by atoms with Crippen molar-refractivity contribution in [1.29, 1.82) is 0 Å². The van der Waals surface area contributed by atoms with Gasteiger partial charge in [-0.15, -0.1) is 0 Å². The monoisotopic (exact) mass is 212 g/mol. The highest BCUT2D eigenvalue weighted by atomic mass is 16.2. The number of amides is 3. The van der Waals surface area contributed by atoms with Crippen molar-refractivity contribution in [1.82, 2.24) is 9.80 Å². The molecule has 0 aromatic carbocycles. The first-order valence-corrected chi connectivity index (χ1v) is 5.72. The van der Waals surface area contributed by atoms with Gasteiger partial charge in [0.05, 0.1) is 0 Å². The standard InChI is InChI=1S/C11H20N2O2/c1-4-6-7-13-10(14)8-9(3)12(5-2)11(13)15/h9H,4-8H2,1-3H3. The normalized spacial score (nSPS) is 22.5. The maximum absolute atomic E-state index is 11.9. The molecule has 15 heavy (non-hydrogen) atoms. The van der Waals surface area contributed by atoms with E-state index in [1.807, 2.05) is 13.8 Å². The van der Waals surface area contributed by atoms with Crippen molar-refractivity contribution in [2.45, 2.75) is 46.1 Å². The lowest BCUT2D eigenvalue weighted by Crippen LogP contribution is -2.56. The molecule has 1 heterocycles. The Balaban J connectivity index is 2.69. The van der Waals surface area contributed by atoms with Crippen molar-refractivity contribution < 1.29 is 9.59 Å².